The second kappa shape index (κ2) is 10.1. The van der Waals surface area contributed by atoms with Crippen molar-refractivity contribution in [2.75, 3.05) is 11.9 Å². The van der Waals surface area contributed by atoms with Gasteiger partial charge in [0.05, 0.1) is 6.04 Å². The van der Waals surface area contributed by atoms with Crippen LogP contribution in [0.5, 0.6) is 5.75 Å². The van der Waals surface area contributed by atoms with Crippen LogP contribution in [0.4, 0.5) is 10.1 Å². The highest BCUT2D eigenvalue weighted by atomic mass is 19.1. The molecule has 1 aliphatic heterocycles. The third kappa shape index (κ3) is 5.11. The number of benzene rings is 3. The van der Waals surface area contributed by atoms with Gasteiger partial charge >= 0.3 is 0 Å². The standard InChI is InChI=1S/C28H29FN2O3/c1-4-26(32)31-16-15-20-9-14-24(17-25(20)27(31)21-7-5-18(2)6-8-21)34-19(3)28(33)30-23-12-10-22(29)11-13-23/h5-14,17,19,27H,4,15-16H2,1-3H3,(H,30,33). The number of hydrogen-bond acceptors (Lipinski definition) is 3. The number of fused-ring (bicyclic) bond motifs is 1. The number of carbonyl (C=O) groups excluding carboxylic acids is 2. The van der Waals surface area contributed by atoms with Gasteiger partial charge in [0.25, 0.3) is 5.91 Å². The molecule has 0 saturated carbocycles. The van der Waals surface area contributed by atoms with Crippen LogP contribution >= 0.6 is 0 Å². The molecule has 2 unspecified atom stereocenters. The number of rotatable bonds is 6. The highest BCUT2D eigenvalue weighted by molar-refractivity contribution is 5.94. The van der Waals surface area contributed by atoms with E-state index in [1.165, 1.54) is 29.8 Å². The zero-order valence-corrected chi connectivity index (χ0v) is 19.7. The summed E-state index contributed by atoms with van der Waals surface area (Å²) in [7, 11) is 0. The maximum Gasteiger partial charge on any atom is 0.265 e. The normalized spacial score (nSPS) is 15.9. The van der Waals surface area contributed by atoms with Gasteiger partial charge in [0.15, 0.2) is 6.10 Å². The Balaban J connectivity index is 1.59. The molecule has 0 aromatic heterocycles. The molecule has 34 heavy (non-hydrogen) atoms. The van der Waals surface area contributed by atoms with Crippen molar-refractivity contribution >= 4 is 17.5 Å². The van der Waals surface area contributed by atoms with Crippen LogP contribution in [0.3, 0.4) is 0 Å². The zero-order valence-electron chi connectivity index (χ0n) is 19.7. The minimum absolute atomic E-state index is 0.106. The van der Waals surface area contributed by atoms with Gasteiger partial charge in [-0.05, 0) is 73.4 Å². The van der Waals surface area contributed by atoms with Crippen LogP contribution in [0.1, 0.15) is 48.6 Å². The van der Waals surface area contributed by atoms with Crippen LogP contribution in [0, 0.1) is 12.7 Å². The quantitative estimate of drug-likeness (QED) is 0.534. The Kier molecular flexibility index (Phi) is 6.96. The van der Waals surface area contributed by atoms with Crippen LogP contribution in [0.2, 0.25) is 0 Å². The molecule has 3 aromatic rings. The van der Waals surface area contributed by atoms with E-state index in [0.29, 0.717) is 24.4 Å². The molecule has 0 saturated heterocycles. The van der Waals surface area contributed by atoms with E-state index < -0.39 is 6.10 Å². The highest BCUT2D eigenvalue weighted by Gasteiger charge is 2.32. The number of ether oxygens (including phenoxy) is 1. The molecule has 5 nitrogen and oxygen atoms in total. The van der Waals surface area contributed by atoms with Crippen molar-refractivity contribution in [1.29, 1.82) is 0 Å². The van der Waals surface area contributed by atoms with Crippen LogP contribution in [0.15, 0.2) is 66.7 Å². The molecule has 0 fully saturated rings. The summed E-state index contributed by atoms with van der Waals surface area (Å²) in [4.78, 5) is 27.3. The van der Waals surface area contributed by atoms with E-state index in [1.807, 2.05) is 36.9 Å². The lowest BCUT2D eigenvalue weighted by molar-refractivity contribution is -0.133. The van der Waals surface area contributed by atoms with Crippen LogP contribution in [-0.2, 0) is 16.0 Å². The summed E-state index contributed by atoms with van der Waals surface area (Å²) in [5.41, 5.74) is 4.89. The van der Waals surface area contributed by atoms with Crippen LogP contribution in [0.25, 0.3) is 0 Å². The van der Waals surface area contributed by atoms with Gasteiger partial charge in [-0.3, -0.25) is 9.59 Å². The molecule has 2 amide bonds. The highest BCUT2D eigenvalue weighted by Crippen LogP contribution is 2.37. The van der Waals surface area contributed by atoms with Gasteiger partial charge < -0.3 is 15.0 Å². The van der Waals surface area contributed by atoms with Crippen molar-refractivity contribution in [3.05, 3.63) is 94.8 Å². The van der Waals surface area contributed by atoms with Crippen molar-refractivity contribution in [2.45, 2.75) is 45.8 Å². The number of halogens is 1. The van der Waals surface area contributed by atoms with Crippen molar-refractivity contribution in [3.63, 3.8) is 0 Å². The van der Waals surface area contributed by atoms with E-state index in [1.54, 1.807) is 6.92 Å². The Labute approximate surface area is 199 Å². The molecule has 0 bridgehead atoms. The predicted octanol–water partition coefficient (Wildman–Crippen LogP) is 5.42. The predicted molar refractivity (Wildman–Crippen MR) is 130 cm³/mol. The number of carbonyl (C=O) groups is 2. The SMILES string of the molecule is CCC(=O)N1CCc2ccc(OC(C)C(=O)Nc3ccc(F)cc3)cc2C1c1ccc(C)cc1. The fraction of sp³-hybridized carbons (Fsp3) is 0.286. The lowest BCUT2D eigenvalue weighted by Gasteiger charge is -2.38. The Morgan fingerprint density at radius 1 is 1.09 bits per heavy atom. The molecular weight excluding hydrogens is 431 g/mol. The third-order valence-electron chi connectivity index (χ3n) is 6.16. The minimum atomic E-state index is -0.766. The van der Waals surface area contributed by atoms with Crippen molar-refractivity contribution in [1.82, 2.24) is 4.90 Å². The Morgan fingerprint density at radius 2 is 1.79 bits per heavy atom. The topological polar surface area (TPSA) is 58.6 Å². The maximum absolute atomic E-state index is 13.1. The summed E-state index contributed by atoms with van der Waals surface area (Å²) < 4.78 is 19.1. The van der Waals surface area contributed by atoms with Gasteiger partial charge in [-0.25, -0.2) is 4.39 Å². The first-order valence-corrected chi connectivity index (χ1v) is 11.6. The van der Waals surface area contributed by atoms with E-state index in [-0.39, 0.29) is 23.7 Å². The van der Waals surface area contributed by atoms with Gasteiger partial charge in [-0.15, -0.1) is 0 Å². The second-order valence-electron chi connectivity index (χ2n) is 8.62. The molecule has 6 heteroatoms. The van der Waals surface area contributed by atoms with Crippen molar-refractivity contribution in [3.8, 4) is 5.75 Å². The second-order valence-corrected chi connectivity index (χ2v) is 8.62. The van der Waals surface area contributed by atoms with E-state index in [4.69, 9.17) is 4.74 Å². The van der Waals surface area contributed by atoms with Gasteiger partial charge in [-0.1, -0.05) is 42.8 Å². The number of nitrogens with one attached hydrogen (secondary N) is 1. The Morgan fingerprint density at radius 3 is 2.47 bits per heavy atom. The molecule has 0 radical (unpaired) electrons. The summed E-state index contributed by atoms with van der Waals surface area (Å²) in [6.07, 6.45) is 0.441. The number of hydrogen-bond donors (Lipinski definition) is 1. The molecule has 1 heterocycles. The molecule has 0 aliphatic carbocycles. The first-order valence-electron chi connectivity index (χ1n) is 11.6. The molecule has 2 atom stereocenters. The lowest BCUT2D eigenvalue weighted by Crippen LogP contribution is -2.40. The van der Waals surface area contributed by atoms with Crippen LogP contribution < -0.4 is 10.1 Å². The third-order valence-corrected chi connectivity index (χ3v) is 6.16. The fourth-order valence-electron chi connectivity index (χ4n) is 4.28. The van der Waals surface area contributed by atoms with Crippen molar-refractivity contribution < 1.29 is 18.7 Å². The zero-order chi connectivity index (χ0) is 24.2. The van der Waals surface area contributed by atoms with E-state index in [9.17, 15) is 14.0 Å². The summed E-state index contributed by atoms with van der Waals surface area (Å²) >= 11 is 0. The number of aryl methyl sites for hydroxylation is 1. The summed E-state index contributed by atoms with van der Waals surface area (Å²) in [5, 5.41) is 2.74. The number of amides is 2. The van der Waals surface area contributed by atoms with Crippen LogP contribution in [-0.4, -0.2) is 29.4 Å². The van der Waals surface area contributed by atoms with Gasteiger partial charge in [-0.2, -0.15) is 0 Å². The summed E-state index contributed by atoms with van der Waals surface area (Å²) in [6, 6.07) is 19.5. The monoisotopic (exact) mass is 460 g/mol. The minimum Gasteiger partial charge on any atom is -0.481 e. The van der Waals surface area contributed by atoms with E-state index >= 15 is 0 Å². The summed E-state index contributed by atoms with van der Waals surface area (Å²) in [5.74, 6) is -0.0321. The molecule has 1 N–H and O–H groups in total. The fourth-order valence-corrected chi connectivity index (χ4v) is 4.28. The largest absolute Gasteiger partial charge is 0.481 e. The van der Waals surface area contributed by atoms with Gasteiger partial charge in [0, 0.05) is 18.7 Å². The summed E-state index contributed by atoms with van der Waals surface area (Å²) in [6.45, 7) is 6.25. The molecular formula is C28H29FN2O3. The Hall–Kier alpha value is -3.67. The molecule has 0 spiro atoms. The number of anilines is 1. The number of nitrogens with zero attached hydrogens (tertiary/aromatic N) is 1. The van der Waals surface area contributed by atoms with E-state index in [0.717, 1.165) is 23.1 Å². The Bertz CT molecular complexity index is 1180. The molecule has 3 aromatic carbocycles. The van der Waals surface area contributed by atoms with Gasteiger partial charge in [0.1, 0.15) is 11.6 Å². The van der Waals surface area contributed by atoms with Gasteiger partial charge in [0.2, 0.25) is 5.91 Å². The first-order chi connectivity index (χ1) is 16.4. The maximum atomic E-state index is 13.1. The molecule has 1 aliphatic rings. The first kappa shape index (κ1) is 23.5. The lowest BCUT2D eigenvalue weighted by atomic mass is 9.87. The van der Waals surface area contributed by atoms with Crippen molar-refractivity contribution in [2.24, 2.45) is 0 Å². The molecule has 176 valence electrons. The smallest absolute Gasteiger partial charge is 0.265 e. The average Bonchev–Trinajstić information content (AvgIpc) is 2.84. The molecule has 4 rings (SSSR count). The average molecular weight is 461 g/mol. The van der Waals surface area contributed by atoms with E-state index in [2.05, 4.69) is 29.6 Å².